The molecular weight excluding hydrogens is 238 g/mol. The third-order valence-electron chi connectivity index (χ3n) is 3.28. The fourth-order valence-corrected chi connectivity index (χ4v) is 2.30. The molecular formula is C14H9N5. The zero-order valence-corrected chi connectivity index (χ0v) is 9.88. The number of para-hydroxylation sites is 1. The molecule has 0 saturated heterocycles. The maximum atomic E-state index is 9.60. The summed E-state index contributed by atoms with van der Waals surface area (Å²) in [6, 6.07) is 12.0. The number of hydrogen-bond acceptors (Lipinski definition) is 4. The summed E-state index contributed by atoms with van der Waals surface area (Å²) in [5.74, 6) is 0. The third kappa shape index (κ3) is 1.42. The van der Waals surface area contributed by atoms with Crippen LogP contribution in [0.1, 0.15) is 5.56 Å². The lowest BCUT2D eigenvalue weighted by molar-refractivity contribution is 0.820. The molecule has 0 aliphatic carbocycles. The quantitative estimate of drug-likeness (QED) is 0.807. The number of allylic oxidation sites excluding steroid dienone is 1. The second-order valence-corrected chi connectivity index (χ2v) is 4.22. The van der Waals surface area contributed by atoms with Crippen LogP contribution < -0.4 is 5.43 Å². The number of nitriles is 2. The van der Waals surface area contributed by atoms with Gasteiger partial charge in [-0.3, -0.25) is 5.43 Å². The zero-order valence-electron chi connectivity index (χ0n) is 9.88. The zero-order chi connectivity index (χ0) is 13.3. The number of hydrogen-bond donors (Lipinski definition) is 2. The molecule has 0 bridgehead atoms. The van der Waals surface area contributed by atoms with Crippen LogP contribution in [0.25, 0.3) is 10.9 Å². The van der Waals surface area contributed by atoms with Crippen LogP contribution in [0.2, 0.25) is 0 Å². The smallest absolute Gasteiger partial charge is 0.157 e. The second-order valence-electron chi connectivity index (χ2n) is 4.22. The lowest BCUT2D eigenvalue weighted by Gasteiger charge is -2.23. The van der Waals surface area contributed by atoms with Crippen molar-refractivity contribution in [3.05, 3.63) is 47.8 Å². The van der Waals surface area contributed by atoms with Crippen LogP contribution in [0.15, 0.2) is 47.3 Å². The molecule has 2 N–H and O–H groups in total. The van der Waals surface area contributed by atoms with Gasteiger partial charge in [0.2, 0.25) is 0 Å². The number of nitrogens with zero attached hydrogens (tertiary/aromatic N) is 3. The summed E-state index contributed by atoms with van der Waals surface area (Å²) in [6.45, 7) is 0. The fourth-order valence-electron chi connectivity index (χ4n) is 2.30. The summed E-state index contributed by atoms with van der Waals surface area (Å²) < 4.78 is 0. The van der Waals surface area contributed by atoms with E-state index in [0.29, 0.717) is 5.57 Å². The average molecular weight is 247 g/mol. The number of hydrazone groups is 1. The molecule has 3 rings (SSSR count). The minimum absolute atomic E-state index is 0.328. The Bertz CT molecular complexity index is 784. The molecule has 19 heavy (non-hydrogen) atoms. The van der Waals surface area contributed by atoms with Gasteiger partial charge in [0.1, 0.15) is 0 Å². The molecule has 1 aliphatic rings. The second kappa shape index (κ2) is 4.01. The Morgan fingerprint density at radius 3 is 2.84 bits per heavy atom. The van der Waals surface area contributed by atoms with Crippen molar-refractivity contribution in [1.29, 1.82) is 10.5 Å². The Morgan fingerprint density at radius 2 is 2.05 bits per heavy atom. The molecule has 0 radical (unpaired) electrons. The normalized spacial score (nSPS) is 21.3. The van der Waals surface area contributed by atoms with E-state index in [2.05, 4.69) is 27.6 Å². The molecule has 2 aromatic rings. The van der Waals surface area contributed by atoms with Crippen LogP contribution in [-0.2, 0) is 5.41 Å². The van der Waals surface area contributed by atoms with Gasteiger partial charge in [0.15, 0.2) is 5.41 Å². The van der Waals surface area contributed by atoms with Crippen LogP contribution in [0.5, 0.6) is 0 Å². The number of rotatable bonds is 1. The van der Waals surface area contributed by atoms with Crippen molar-refractivity contribution in [1.82, 2.24) is 10.4 Å². The Morgan fingerprint density at radius 1 is 1.21 bits per heavy atom. The van der Waals surface area contributed by atoms with Crippen LogP contribution in [0, 0.1) is 22.7 Å². The Hall–Kier alpha value is -3.05. The predicted octanol–water partition coefficient (Wildman–Crippen LogP) is 1.93. The van der Waals surface area contributed by atoms with E-state index in [1.807, 2.05) is 24.3 Å². The molecule has 2 heterocycles. The summed E-state index contributed by atoms with van der Waals surface area (Å²) in [6.07, 6.45) is 4.70. The summed E-state index contributed by atoms with van der Waals surface area (Å²) in [4.78, 5) is 3.12. The molecule has 90 valence electrons. The van der Waals surface area contributed by atoms with Crippen LogP contribution in [-0.4, -0.2) is 11.2 Å². The summed E-state index contributed by atoms with van der Waals surface area (Å²) in [7, 11) is 0. The Kier molecular flexibility index (Phi) is 2.33. The molecule has 5 heteroatoms. The maximum Gasteiger partial charge on any atom is 0.157 e. The van der Waals surface area contributed by atoms with Crippen molar-refractivity contribution in [2.75, 3.05) is 0 Å². The summed E-state index contributed by atoms with van der Waals surface area (Å²) in [5.41, 5.74) is 3.46. The predicted molar refractivity (Wildman–Crippen MR) is 70.9 cm³/mol. The lowest BCUT2D eigenvalue weighted by Crippen LogP contribution is -2.32. The molecule has 1 atom stereocenters. The van der Waals surface area contributed by atoms with Crippen LogP contribution >= 0.6 is 0 Å². The molecule has 0 fully saturated rings. The largest absolute Gasteiger partial charge is 0.361 e. The van der Waals surface area contributed by atoms with Gasteiger partial charge in [-0.25, -0.2) is 0 Å². The highest BCUT2D eigenvalue weighted by molar-refractivity contribution is 5.95. The maximum absolute atomic E-state index is 9.60. The van der Waals surface area contributed by atoms with E-state index in [9.17, 15) is 10.5 Å². The number of aromatic amines is 1. The van der Waals surface area contributed by atoms with Crippen molar-refractivity contribution in [3.63, 3.8) is 0 Å². The summed E-state index contributed by atoms with van der Waals surface area (Å²) in [5, 5.41) is 23.7. The number of nitrogens with one attached hydrogen (secondary N) is 2. The van der Waals surface area contributed by atoms with Gasteiger partial charge in [-0.05, 0) is 6.07 Å². The highest BCUT2D eigenvalue weighted by Crippen LogP contribution is 2.35. The number of benzene rings is 1. The van der Waals surface area contributed by atoms with Crippen molar-refractivity contribution < 1.29 is 0 Å². The van der Waals surface area contributed by atoms with Crippen LogP contribution in [0.4, 0.5) is 0 Å². The number of aromatic nitrogens is 1. The van der Waals surface area contributed by atoms with Gasteiger partial charge in [0.05, 0.1) is 23.9 Å². The molecule has 1 unspecified atom stereocenters. The first-order chi connectivity index (χ1) is 9.31. The number of fused-ring (bicyclic) bond motifs is 1. The Balaban J connectivity index is 2.32. The highest BCUT2D eigenvalue weighted by Gasteiger charge is 2.39. The van der Waals surface area contributed by atoms with Crippen LogP contribution in [0.3, 0.4) is 0 Å². The van der Waals surface area contributed by atoms with E-state index in [4.69, 9.17) is 0 Å². The van der Waals surface area contributed by atoms with E-state index < -0.39 is 5.41 Å². The minimum Gasteiger partial charge on any atom is -0.361 e. The Labute approximate surface area is 109 Å². The average Bonchev–Trinajstić information content (AvgIpc) is 2.91. The molecule has 5 nitrogen and oxygen atoms in total. The van der Waals surface area contributed by atoms with Gasteiger partial charge in [-0.15, -0.1) is 0 Å². The van der Waals surface area contributed by atoms with Gasteiger partial charge in [-0.2, -0.15) is 15.6 Å². The molecule has 1 aliphatic heterocycles. The molecule has 1 aromatic heterocycles. The highest BCUT2D eigenvalue weighted by atomic mass is 15.3. The third-order valence-corrected chi connectivity index (χ3v) is 3.28. The van der Waals surface area contributed by atoms with E-state index in [-0.39, 0.29) is 0 Å². The van der Waals surface area contributed by atoms with E-state index in [1.165, 1.54) is 12.4 Å². The number of H-pyrrole nitrogens is 1. The first kappa shape index (κ1) is 11.1. The molecule has 1 aromatic carbocycles. The monoisotopic (exact) mass is 247 g/mol. The fraction of sp³-hybridized carbons (Fsp3) is 0.0714. The van der Waals surface area contributed by atoms with E-state index in [0.717, 1.165) is 16.5 Å². The first-order valence-corrected chi connectivity index (χ1v) is 5.70. The topological polar surface area (TPSA) is 87.8 Å². The van der Waals surface area contributed by atoms with Gasteiger partial charge in [0.25, 0.3) is 0 Å². The van der Waals surface area contributed by atoms with Gasteiger partial charge >= 0.3 is 0 Å². The molecule has 0 saturated carbocycles. The lowest BCUT2D eigenvalue weighted by atomic mass is 9.76. The minimum atomic E-state index is -1.14. The van der Waals surface area contributed by atoms with E-state index >= 15 is 0 Å². The SMILES string of the molecule is N#CC1=CNN=CC1(C#N)c1c[nH]c2ccccc12. The van der Waals surface area contributed by atoms with Gasteiger partial charge in [0, 0.05) is 28.9 Å². The van der Waals surface area contributed by atoms with E-state index in [1.54, 1.807) is 6.20 Å². The molecule has 0 spiro atoms. The van der Waals surface area contributed by atoms with Crippen molar-refractivity contribution in [3.8, 4) is 12.1 Å². The van der Waals surface area contributed by atoms with Gasteiger partial charge < -0.3 is 4.98 Å². The first-order valence-electron chi connectivity index (χ1n) is 5.70. The van der Waals surface area contributed by atoms with Gasteiger partial charge in [-0.1, -0.05) is 18.2 Å². The van der Waals surface area contributed by atoms with Crippen molar-refractivity contribution in [2.45, 2.75) is 5.41 Å². The molecule has 0 amide bonds. The standard InChI is InChI=1S/C14H9N5/c15-5-10-6-18-19-9-14(10,8-16)12-7-17-13-4-2-1-3-11(12)13/h1-4,6-7,9,17-18H. The summed E-state index contributed by atoms with van der Waals surface area (Å²) >= 11 is 0. The van der Waals surface area contributed by atoms with Crippen molar-refractivity contribution in [2.24, 2.45) is 5.10 Å². The van der Waals surface area contributed by atoms with Crippen molar-refractivity contribution >= 4 is 17.1 Å².